The lowest BCUT2D eigenvalue weighted by Gasteiger charge is -2.10. The minimum Gasteiger partial charge on any atom is -0.456 e. The molecule has 0 spiro atoms. The normalized spacial score (nSPS) is 11.9. The summed E-state index contributed by atoms with van der Waals surface area (Å²) < 4.78 is 12.4. The van der Waals surface area contributed by atoms with E-state index >= 15 is 0 Å². The Bertz CT molecular complexity index is 2790. The highest BCUT2D eigenvalue weighted by molar-refractivity contribution is 6.15. The van der Waals surface area contributed by atoms with E-state index in [1.165, 1.54) is 0 Å². The highest BCUT2D eigenvalue weighted by Gasteiger charge is 2.16. The van der Waals surface area contributed by atoms with Gasteiger partial charge in [-0.25, -0.2) is 15.0 Å². The Morgan fingerprint density at radius 1 is 0.440 bits per heavy atom. The van der Waals surface area contributed by atoms with Gasteiger partial charge in [0.25, 0.3) is 0 Å². The molecule has 6 aromatic carbocycles. The van der Waals surface area contributed by atoms with Crippen molar-refractivity contribution in [3.63, 3.8) is 0 Å². The number of nitrogens with zero attached hydrogens (tertiary/aromatic N) is 3. The van der Waals surface area contributed by atoms with Crippen molar-refractivity contribution >= 4 is 49.5 Å². The van der Waals surface area contributed by atoms with Gasteiger partial charge in [0.1, 0.15) is 22.3 Å². The van der Waals surface area contributed by atoms with Crippen molar-refractivity contribution in [2.45, 2.75) is 0 Å². The number of fused-ring (bicyclic) bond motifs is 6. The van der Waals surface area contributed by atoms with E-state index in [1.807, 2.05) is 109 Å². The van der Waals surface area contributed by atoms with Crippen LogP contribution in [0.4, 0.5) is 0 Å². The minimum absolute atomic E-state index is 0.599. The summed E-state index contributed by atoms with van der Waals surface area (Å²) in [5.74, 6) is 1.81. The topological polar surface area (TPSA) is 65.0 Å². The van der Waals surface area contributed by atoms with E-state index in [0.29, 0.717) is 17.5 Å². The third-order valence-electron chi connectivity index (χ3n) is 9.08. The third-order valence-corrected chi connectivity index (χ3v) is 9.08. The van der Waals surface area contributed by atoms with Crippen LogP contribution in [0, 0.1) is 0 Å². The summed E-state index contributed by atoms with van der Waals surface area (Å²) in [5.41, 5.74) is 10.2. The first-order chi connectivity index (χ1) is 24.6. The zero-order valence-corrected chi connectivity index (χ0v) is 27.0. The lowest BCUT2D eigenvalue weighted by molar-refractivity contribution is 0.656. The van der Waals surface area contributed by atoms with Crippen molar-refractivity contribution in [1.29, 1.82) is 0 Å². The van der Waals surface area contributed by atoms with E-state index < -0.39 is 0 Å². The van der Waals surface area contributed by atoms with Crippen LogP contribution in [-0.4, -0.2) is 15.0 Å². The molecule has 5 nitrogen and oxygen atoms in total. The standard InChI is InChI=1S/C45H29N3O2/c1-3-11-28(4-2)29-18-20-31(21-19-29)44-46-43(30-12-6-5-7-13-30)47-45(48-44)34-15-10-14-32(24-34)33-22-23-40-36(25-33)38-26-37-35-16-8-9-17-39(35)49-41(37)27-42(38)50-40/h3-27H,1-2H2/b28-11+. The van der Waals surface area contributed by atoms with Gasteiger partial charge in [0, 0.05) is 44.3 Å². The third kappa shape index (κ3) is 5.09. The molecule has 0 saturated carbocycles. The molecule has 3 aromatic heterocycles. The Labute approximate surface area is 288 Å². The SMILES string of the molecule is C=C/C=C(\C=C)c1ccc(-c2nc(-c3ccccc3)nc(-c3cccc(-c4ccc5oc6cc7oc8ccccc8c7cc6c5c4)c3)n2)cc1. The zero-order valence-electron chi connectivity index (χ0n) is 27.0. The molecule has 0 saturated heterocycles. The average Bonchev–Trinajstić information content (AvgIpc) is 3.73. The number of benzene rings is 6. The molecule has 9 aromatic rings. The molecular formula is C45H29N3O2. The summed E-state index contributed by atoms with van der Waals surface area (Å²) in [4.78, 5) is 14.9. The second-order valence-electron chi connectivity index (χ2n) is 12.1. The molecule has 50 heavy (non-hydrogen) atoms. The van der Waals surface area contributed by atoms with E-state index in [0.717, 1.165) is 82.8 Å². The Kier molecular flexibility index (Phi) is 7.03. The predicted molar refractivity (Wildman–Crippen MR) is 204 cm³/mol. The van der Waals surface area contributed by atoms with Crippen LogP contribution in [0.15, 0.2) is 174 Å². The van der Waals surface area contributed by atoms with Crippen LogP contribution < -0.4 is 0 Å². The van der Waals surface area contributed by atoms with E-state index in [-0.39, 0.29) is 0 Å². The van der Waals surface area contributed by atoms with Crippen molar-refractivity contribution < 1.29 is 8.83 Å². The van der Waals surface area contributed by atoms with Crippen LogP contribution in [0.1, 0.15) is 5.56 Å². The fraction of sp³-hybridized carbons (Fsp3) is 0. The number of hydrogen-bond acceptors (Lipinski definition) is 5. The van der Waals surface area contributed by atoms with E-state index in [4.69, 9.17) is 23.8 Å². The van der Waals surface area contributed by atoms with Crippen molar-refractivity contribution in [1.82, 2.24) is 15.0 Å². The van der Waals surface area contributed by atoms with Gasteiger partial charge in [-0.1, -0.05) is 128 Å². The number of rotatable bonds is 7. The number of furan rings is 2. The first kappa shape index (κ1) is 29.3. The van der Waals surface area contributed by atoms with Gasteiger partial charge < -0.3 is 8.83 Å². The highest BCUT2D eigenvalue weighted by Crippen LogP contribution is 2.38. The van der Waals surface area contributed by atoms with Crippen molar-refractivity contribution in [3.05, 3.63) is 170 Å². The molecule has 0 aliphatic carbocycles. The van der Waals surface area contributed by atoms with Crippen molar-refractivity contribution in [3.8, 4) is 45.3 Å². The fourth-order valence-corrected chi connectivity index (χ4v) is 6.58. The summed E-state index contributed by atoms with van der Waals surface area (Å²) in [6.45, 7) is 7.77. The molecule has 0 bridgehead atoms. The molecule has 0 atom stereocenters. The van der Waals surface area contributed by atoms with Gasteiger partial charge in [-0.3, -0.25) is 0 Å². The summed E-state index contributed by atoms with van der Waals surface area (Å²) >= 11 is 0. The highest BCUT2D eigenvalue weighted by atomic mass is 16.3. The summed E-state index contributed by atoms with van der Waals surface area (Å²) in [7, 11) is 0. The fourth-order valence-electron chi connectivity index (χ4n) is 6.58. The van der Waals surface area contributed by atoms with Crippen molar-refractivity contribution in [2.24, 2.45) is 0 Å². The molecule has 0 N–H and O–H groups in total. The first-order valence-electron chi connectivity index (χ1n) is 16.4. The molecule has 0 unspecified atom stereocenters. The largest absolute Gasteiger partial charge is 0.456 e. The Morgan fingerprint density at radius 3 is 1.74 bits per heavy atom. The summed E-state index contributed by atoms with van der Waals surface area (Å²) in [6.07, 6.45) is 5.53. The maximum Gasteiger partial charge on any atom is 0.164 e. The van der Waals surface area contributed by atoms with Gasteiger partial charge in [0.05, 0.1) is 0 Å². The Balaban J connectivity index is 1.14. The van der Waals surface area contributed by atoms with Gasteiger partial charge in [-0.15, -0.1) is 0 Å². The van der Waals surface area contributed by atoms with Gasteiger partial charge in [-0.05, 0) is 52.6 Å². The number of allylic oxidation sites excluding steroid dienone is 4. The average molecular weight is 644 g/mol. The maximum atomic E-state index is 6.29. The molecule has 0 aliphatic heterocycles. The summed E-state index contributed by atoms with van der Waals surface area (Å²) in [5, 5.41) is 4.27. The minimum atomic E-state index is 0.599. The van der Waals surface area contributed by atoms with Crippen LogP contribution in [-0.2, 0) is 0 Å². The molecule has 0 fully saturated rings. The second-order valence-corrected chi connectivity index (χ2v) is 12.1. The summed E-state index contributed by atoms with van der Waals surface area (Å²) in [6, 6.07) is 45.1. The lowest BCUT2D eigenvalue weighted by Crippen LogP contribution is -2.00. The van der Waals surface area contributed by atoms with Crippen LogP contribution in [0.3, 0.4) is 0 Å². The zero-order chi connectivity index (χ0) is 33.6. The molecule has 0 radical (unpaired) electrons. The Hall–Kier alpha value is -6.85. The van der Waals surface area contributed by atoms with Crippen LogP contribution >= 0.6 is 0 Å². The van der Waals surface area contributed by atoms with Gasteiger partial charge in [0.2, 0.25) is 0 Å². The quantitative estimate of drug-likeness (QED) is 0.162. The van der Waals surface area contributed by atoms with Crippen LogP contribution in [0.2, 0.25) is 0 Å². The number of para-hydroxylation sites is 1. The first-order valence-corrected chi connectivity index (χ1v) is 16.4. The molecule has 5 heteroatoms. The monoisotopic (exact) mass is 643 g/mol. The predicted octanol–water partition coefficient (Wildman–Crippen LogP) is 12.1. The Morgan fingerprint density at radius 2 is 1.00 bits per heavy atom. The van der Waals surface area contributed by atoms with Gasteiger partial charge in [-0.2, -0.15) is 0 Å². The lowest BCUT2D eigenvalue weighted by atomic mass is 10.00. The molecular weight excluding hydrogens is 615 g/mol. The van der Waals surface area contributed by atoms with Crippen LogP contribution in [0.5, 0.6) is 0 Å². The van der Waals surface area contributed by atoms with E-state index in [9.17, 15) is 0 Å². The second kappa shape index (κ2) is 12.0. The molecule has 0 aliphatic rings. The number of aromatic nitrogens is 3. The van der Waals surface area contributed by atoms with E-state index in [2.05, 4.69) is 49.6 Å². The molecule has 3 heterocycles. The smallest absolute Gasteiger partial charge is 0.164 e. The van der Waals surface area contributed by atoms with Gasteiger partial charge in [0.15, 0.2) is 17.5 Å². The van der Waals surface area contributed by atoms with E-state index in [1.54, 1.807) is 6.08 Å². The van der Waals surface area contributed by atoms with Crippen LogP contribution in [0.25, 0.3) is 94.7 Å². The molecule has 0 amide bonds. The maximum absolute atomic E-state index is 6.29. The van der Waals surface area contributed by atoms with Crippen molar-refractivity contribution in [2.75, 3.05) is 0 Å². The number of hydrogen-bond donors (Lipinski definition) is 0. The molecule has 9 rings (SSSR count). The molecule has 236 valence electrons. The van der Waals surface area contributed by atoms with Gasteiger partial charge >= 0.3 is 0 Å².